The second kappa shape index (κ2) is 10.1. The highest BCUT2D eigenvalue weighted by molar-refractivity contribution is 14.1. The number of carbonyl (C=O) groups is 3. The van der Waals surface area contributed by atoms with Crippen LogP contribution < -0.4 is 5.32 Å². The van der Waals surface area contributed by atoms with Crippen LogP contribution in [0.4, 0.5) is 4.39 Å². The lowest BCUT2D eigenvalue weighted by Crippen LogP contribution is -2.30. The Bertz CT molecular complexity index is 1250. The second-order valence-corrected chi connectivity index (χ2v) is 9.70. The van der Waals surface area contributed by atoms with Gasteiger partial charge in [0.05, 0.1) is 12.1 Å². The van der Waals surface area contributed by atoms with E-state index < -0.39 is 29.4 Å². The van der Waals surface area contributed by atoms with Crippen molar-refractivity contribution in [2.45, 2.75) is 45.8 Å². The summed E-state index contributed by atoms with van der Waals surface area (Å²) in [5.74, 6) is -2.38. The third-order valence-electron chi connectivity index (χ3n) is 4.72. The molecule has 1 unspecified atom stereocenters. The molecule has 11 heteroatoms. The molecule has 9 nitrogen and oxygen atoms in total. The summed E-state index contributed by atoms with van der Waals surface area (Å²) in [6.07, 6.45) is -1.22. The lowest BCUT2D eigenvalue weighted by molar-refractivity contribution is -0.160. The number of ketones is 1. The number of rotatable bonds is 8. The van der Waals surface area contributed by atoms with Crippen molar-refractivity contribution in [1.29, 1.82) is 0 Å². The number of nitrogens with zero attached hydrogens (tertiary/aromatic N) is 3. The van der Waals surface area contributed by atoms with Gasteiger partial charge in [0.15, 0.2) is 23.2 Å². The molecule has 2 N–H and O–H groups in total. The fraction of sp³-hybridized carbons (Fsp3) is 0.348. The number of nitrogens with one attached hydrogen (secondary N) is 1. The first-order valence-electron chi connectivity index (χ1n) is 10.4. The first-order chi connectivity index (χ1) is 15.9. The van der Waals surface area contributed by atoms with Gasteiger partial charge in [-0.2, -0.15) is 5.10 Å². The van der Waals surface area contributed by atoms with Gasteiger partial charge in [0, 0.05) is 23.7 Å². The zero-order valence-electron chi connectivity index (χ0n) is 19.1. The van der Waals surface area contributed by atoms with Crippen LogP contribution >= 0.6 is 22.6 Å². The highest BCUT2D eigenvalue weighted by atomic mass is 127. The van der Waals surface area contributed by atoms with E-state index in [1.807, 2.05) is 22.6 Å². The normalized spacial score (nSPS) is 12.5. The van der Waals surface area contributed by atoms with E-state index in [0.29, 0.717) is 26.2 Å². The quantitative estimate of drug-likeness (QED) is 0.309. The molecule has 34 heavy (non-hydrogen) atoms. The SMILES string of the molecule is Cc1nc2cc(C(=O)NCC(=O)Cc3ccc(F)cc3)nn2c(I)c1C(OC(C)(C)C)C(=O)O. The number of aryl methyl sites for hydroxylation is 1. The molecule has 0 bridgehead atoms. The maximum atomic E-state index is 13.0. The first-order valence-corrected chi connectivity index (χ1v) is 11.4. The molecule has 0 aliphatic rings. The minimum absolute atomic E-state index is 0.0279. The average molecular weight is 582 g/mol. The summed E-state index contributed by atoms with van der Waals surface area (Å²) in [6.45, 7) is 6.71. The Morgan fingerprint density at radius 3 is 2.47 bits per heavy atom. The molecule has 1 atom stereocenters. The number of fused-ring (bicyclic) bond motifs is 1. The fourth-order valence-corrected chi connectivity index (χ4v) is 4.28. The molecule has 2 aromatic heterocycles. The Kier molecular flexibility index (Phi) is 7.66. The van der Waals surface area contributed by atoms with Gasteiger partial charge in [0.1, 0.15) is 9.52 Å². The Morgan fingerprint density at radius 1 is 1.24 bits per heavy atom. The summed E-state index contributed by atoms with van der Waals surface area (Å²) >= 11 is 1.95. The maximum absolute atomic E-state index is 13.0. The Balaban J connectivity index is 1.79. The smallest absolute Gasteiger partial charge is 0.337 e. The lowest BCUT2D eigenvalue weighted by atomic mass is 10.1. The standard InChI is InChI=1S/C23H24FIN4O5/c1-12-18(19(22(32)33)34-23(2,3)4)20(25)29-17(27-12)10-16(28-29)21(31)26-11-15(30)9-13-5-7-14(24)8-6-13/h5-8,10,19H,9,11H2,1-4H3,(H,26,31)(H,32,33). The number of carbonyl (C=O) groups excluding carboxylic acids is 2. The fourth-order valence-electron chi connectivity index (χ4n) is 3.25. The summed E-state index contributed by atoms with van der Waals surface area (Å²) in [4.78, 5) is 41.1. The van der Waals surface area contributed by atoms with E-state index in [0.717, 1.165) is 0 Å². The zero-order chi connectivity index (χ0) is 25.2. The molecule has 1 amide bonds. The third-order valence-corrected chi connectivity index (χ3v) is 5.76. The third kappa shape index (κ3) is 6.14. The van der Waals surface area contributed by atoms with Crippen LogP contribution in [0.25, 0.3) is 5.65 Å². The van der Waals surface area contributed by atoms with E-state index in [4.69, 9.17) is 4.74 Å². The topological polar surface area (TPSA) is 123 Å². The number of aliphatic carboxylic acids is 1. The summed E-state index contributed by atoms with van der Waals surface area (Å²) in [7, 11) is 0. The van der Waals surface area contributed by atoms with Gasteiger partial charge in [0.25, 0.3) is 5.91 Å². The molecule has 0 fully saturated rings. The minimum Gasteiger partial charge on any atom is -0.479 e. The molecule has 0 aliphatic carbocycles. The van der Waals surface area contributed by atoms with Crippen molar-refractivity contribution in [3.63, 3.8) is 0 Å². The van der Waals surface area contributed by atoms with Crippen molar-refractivity contribution in [3.05, 3.63) is 62.4 Å². The number of halogens is 2. The van der Waals surface area contributed by atoms with Crippen molar-refractivity contribution in [2.75, 3.05) is 6.54 Å². The average Bonchev–Trinajstić information content (AvgIpc) is 3.16. The van der Waals surface area contributed by atoms with Gasteiger partial charge in [-0.15, -0.1) is 0 Å². The van der Waals surface area contributed by atoms with E-state index in [2.05, 4.69) is 15.4 Å². The number of benzene rings is 1. The molecular weight excluding hydrogens is 558 g/mol. The van der Waals surface area contributed by atoms with Gasteiger partial charge in [-0.1, -0.05) is 12.1 Å². The number of carboxylic acids is 1. The van der Waals surface area contributed by atoms with Crippen molar-refractivity contribution in [3.8, 4) is 0 Å². The Hall–Kier alpha value is -2.93. The van der Waals surface area contributed by atoms with Crippen LogP contribution in [-0.2, 0) is 20.7 Å². The number of Topliss-reactive ketones (excluding diaryl/α,β-unsaturated/α-hetero) is 1. The van der Waals surface area contributed by atoms with Crippen molar-refractivity contribution in [1.82, 2.24) is 19.9 Å². The number of hydrogen-bond donors (Lipinski definition) is 2. The Labute approximate surface area is 208 Å². The van der Waals surface area contributed by atoms with Gasteiger partial charge in [0.2, 0.25) is 0 Å². The molecule has 0 aliphatic heterocycles. The van der Waals surface area contributed by atoms with Crippen LogP contribution in [-0.4, -0.2) is 49.5 Å². The highest BCUT2D eigenvalue weighted by Gasteiger charge is 2.32. The van der Waals surface area contributed by atoms with E-state index >= 15 is 0 Å². The highest BCUT2D eigenvalue weighted by Crippen LogP contribution is 2.30. The number of carboxylic acid groups (broad SMARTS) is 1. The molecule has 1 aromatic carbocycles. The number of aromatic nitrogens is 3. The van der Waals surface area contributed by atoms with Crippen LogP contribution in [0.2, 0.25) is 0 Å². The van der Waals surface area contributed by atoms with Crippen LogP contribution in [0.3, 0.4) is 0 Å². The van der Waals surface area contributed by atoms with Gasteiger partial charge in [-0.25, -0.2) is 18.7 Å². The molecule has 3 aromatic rings. The van der Waals surface area contributed by atoms with Gasteiger partial charge in [-0.05, 0) is 68.0 Å². The van der Waals surface area contributed by atoms with Gasteiger partial charge >= 0.3 is 5.97 Å². The van der Waals surface area contributed by atoms with E-state index in [1.165, 1.54) is 34.8 Å². The molecule has 0 radical (unpaired) electrons. The van der Waals surface area contributed by atoms with Crippen molar-refractivity contribution >= 4 is 45.9 Å². The number of amides is 1. The molecule has 0 saturated carbocycles. The first kappa shape index (κ1) is 25.7. The largest absolute Gasteiger partial charge is 0.479 e. The Morgan fingerprint density at radius 2 is 1.88 bits per heavy atom. The molecule has 3 rings (SSSR count). The van der Waals surface area contributed by atoms with Crippen LogP contribution in [0.1, 0.15) is 54.2 Å². The summed E-state index contributed by atoms with van der Waals surface area (Å²) in [5.41, 5.74) is 1.09. The number of ether oxygens (including phenoxy) is 1. The van der Waals surface area contributed by atoms with Crippen molar-refractivity contribution < 1.29 is 28.6 Å². The summed E-state index contributed by atoms with van der Waals surface area (Å²) in [6, 6.07) is 7.02. The molecule has 0 spiro atoms. The van der Waals surface area contributed by atoms with E-state index in [-0.39, 0.29) is 24.4 Å². The van der Waals surface area contributed by atoms with Crippen LogP contribution in [0, 0.1) is 16.4 Å². The van der Waals surface area contributed by atoms with E-state index in [9.17, 15) is 23.9 Å². The van der Waals surface area contributed by atoms with Crippen LogP contribution in [0.5, 0.6) is 0 Å². The minimum atomic E-state index is -1.27. The van der Waals surface area contributed by atoms with Gasteiger partial charge < -0.3 is 15.2 Å². The molecule has 0 saturated heterocycles. The van der Waals surface area contributed by atoms with Gasteiger partial charge in [-0.3, -0.25) is 9.59 Å². The molecule has 180 valence electrons. The zero-order valence-corrected chi connectivity index (χ0v) is 21.2. The molecule has 2 heterocycles. The van der Waals surface area contributed by atoms with Crippen molar-refractivity contribution in [2.24, 2.45) is 0 Å². The molecular formula is C23H24FIN4O5. The summed E-state index contributed by atoms with van der Waals surface area (Å²) in [5, 5.41) is 16.5. The van der Waals surface area contributed by atoms with E-state index in [1.54, 1.807) is 27.7 Å². The van der Waals surface area contributed by atoms with Crippen LogP contribution in [0.15, 0.2) is 30.3 Å². The number of hydrogen-bond acceptors (Lipinski definition) is 6. The predicted octanol–water partition coefficient (Wildman–Crippen LogP) is 3.26. The summed E-state index contributed by atoms with van der Waals surface area (Å²) < 4.78 is 20.6. The predicted molar refractivity (Wildman–Crippen MR) is 129 cm³/mol. The maximum Gasteiger partial charge on any atom is 0.337 e. The lowest BCUT2D eigenvalue weighted by Gasteiger charge is -2.26. The monoisotopic (exact) mass is 582 g/mol. The second-order valence-electron chi connectivity index (χ2n) is 8.67.